The zero-order valence-electron chi connectivity index (χ0n) is 15.0. The highest BCUT2D eigenvalue weighted by Gasteiger charge is 2.11. The minimum absolute atomic E-state index is 0.0131. The lowest BCUT2D eigenvalue weighted by atomic mass is 10.2. The molecule has 0 aliphatic carbocycles. The number of nitrogens with two attached hydrogens (primary N) is 1. The van der Waals surface area contributed by atoms with Crippen LogP contribution in [-0.2, 0) is 16.1 Å². The van der Waals surface area contributed by atoms with Crippen LogP contribution in [0.5, 0.6) is 0 Å². The first-order chi connectivity index (χ1) is 13.5. The molecule has 142 valence electrons. The van der Waals surface area contributed by atoms with Crippen LogP contribution in [0.4, 0.5) is 23.3 Å². The maximum absolute atomic E-state index is 12.2. The predicted octanol–water partition coefficient (Wildman–Crippen LogP) is 2.51. The largest absolute Gasteiger partial charge is 0.454 e. The van der Waals surface area contributed by atoms with E-state index in [2.05, 4.69) is 25.6 Å². The van der Waals surface area contributed by atoms with E-state index >= 15 is 0 Å². The summed E-state index contributed by atoms with van der Waals surface area (Å²) in [6.45, 7) is 1.24. The maximum Gasteiger partial charge on any atom is 0.338 e. The van der Waals surface area contributed by atoms with Crippen LogP contribution in [0.25, 0.3) is 0 Å². The molecule has 0 unspecified atom stereocenters. The lowest BCUT2D eigenvalue weighted by Crippen LogP contribution is -2.11. The van der Waals surface area contributed by atoms with E-state index in [1.807, 2.05) is 30.3 Å². The molecule has 0 spiro atoms. The highest BCUT2D eigenvalue weighted by Crippen LogP contribution is 2.14. The Bertz CT molecular complexity index is 977. The number of carbonyl (C=O) groups is 2. The molecule has 0 bridgehead atoms. The van der Waals surface area contributed by atoms with E-state index in [4.69, 9.17) is 10.5 Å². The van der Waals surface area contributed by atoms with Crippen molar-refractivity contribution in [1.29, 1.82) is 0 Å². The number of para-hydroxylation sites is 1. The summed E-state index contributed by atoms with van der Waals surface area (Å²) in [5.41, 5.74) is 7.42. The van der Waals surface area contributed by atoms with Gasteiger partial charge in [-0.25, -0.2) is 4.79 Å². The van der Waals surface area contributed by atoms with Crippen LogP contribution in [0.15, 0.2) is 54.6 Å². The number of benzene rings is 2. The predicted molar refractivity (Wildman–Crippen MR) is 104 cm³/mol. The first-order valence-electron chi connectivity index (χ1n) is 8.37. The Hall–Kier alpha value is -4.01. The Labute approximate surface area is 161 Å². The summed E-state index contributed by atoms with van der Waals surface area (Å²) in [6.07, 6.45) is 0. The van der Waals surface area contributed by atoms with Crippen LogP contribution in [0.3, 0.4) is 0 Å². The van der Waals surface area contributed by atoms with E-state index in [9.17, 15) is 9.59 Å². The fourth-order valence-corrected chi connectivity index (χ4v) is 2.32. The molecule has 1 amide bonds. The first-order valence-corrected chi connectivity index (χ1v) is 8.37. The number of carbonyl (C=O) groups excluding carboxylic acids is 2. The average Bonchev–Trinajstić information content (AvgIpc) is 2.66. The van der Waals surface area contributed by atoms with E-state index in [1.54, 1.807) is 24.3 Å². The van der Waals surface area contributed by atoms with E-state index < -0.39 is 5.97 Å². The number of esters is 1. The van der Waals surface area contributed by atoms with Crippen LogP contribution in [-0.4, -0.2) is 26.8 Å². The normalized spacial score (nSPS) is 10.2. The van der Waals surface area contributed by atoms with E-state index in [0.29, 0.717) is 11.3 Å². The maximum atomic E-state index is 12.2. The molecule has 4 N–H and O–H groups in total. The third-order valence-corrected chi connectivity index (χ3v) is 3.50. The van der Waals surface area contributed by atoms with Crippen molar-refractivity contribution < 1.29 is 14.3 Å². The summed E-state index contributed by atoms with van der Waals surface area (Å²) in [4.78, 5) is 35.4. The lowest BCUT2D eigenvalue weighted by Gasteiger charge is -2.08. The molecule has 0 saturated carbocycles. The summed E-state index contributed by atoms with van der Waals surface area (Å²) in [5.74, 6) is -0.258. The number of hydrogen-bond acceptors (Lipinski definition) is 8. The number of aromatic nitrogens is 3. The van der Waals surface area contributed by atoms with Crippen molar-refractivity contribution in [1.82, 2.24) is 15.0 Å². The van der Waals surface area contributed by atoms with Gasteiger partial charge in [-0.2, -0.15) is 15.0 Å². The molecule has 0 aliphatic heterocycles. The van der Waals surface area contributed by atoms with Crippen LogP contribution in [0.1, 0.15) is 23.1 Å². The molecule has 0 atom stereocenters. The fourth-order valence-electron chi connectivity index (χ4n) is 2.32. The number of nitrogen functional groups attached to an aromatic ring is 1. The Balaban J connectivity index is 1.63. The van der Waals surface area contributed by atoms with Crippen molar-refractivity contribution in [2.75, 3.05) is 16.4 Å². The van der Waals surface area contributed by atoms with Gasteiger partial charge < -0.3 is 21.1 Å². The molecule has 0 fully saturated rings. The molecule has 28 heavy (non-hydrogen) atoms. The molecular weight excluding hydrogens is 360 g/mol. The summed E-state index contributed by atoms with van der Waals surface area (Å²) in [5, 5.41) is 5.63. The Morgan fingerprint density at radius 3 is 2.36 bits per heavy atom. The van der Waals surface area contributed by atoms with Crippen molar-refractivity contribution in [3.63, 3.8) is 0 Å². The molecule has 9 heteroatoms. The average molecular weight is 378 g/mol. The number of nitrogens with one attached hydrogen (secondary N) is 2. The smallest absolute Gasteiger partial charge is 0.338 e. The van der Waals surface area contributed by atoms with Crippen LogP contribution in [0, 0.1) is 0 Å². The van der Waals surface area contributed by atoms with Gasteiger partial charge in [0, 0.05) is 18.3 Å². The summed E-state index contributed by atoms with van der Waals surface area (Å²) in [7, 11) is 0. The number of ether oxygens (including phenoxy) is 1. The van der Waals surface area contributed by atoms with Gasteiger partial charge in [0.05, 0.1) is 5.56 Å². The minimum atomic E-state index is -0.550. The zero-order chi connectivity index (χ0) is 19.9. The van der Waals surface area contributed by atoms with E-state index in [0.717, 1.165) is 5.69 Å². The molecule has 3 aromatic rings. The van der Waals surface area contributed by atoms with Gasteiger partial charge in [-0.15, -0.1) is 0 Å². The van der Waals surface area contributed by atoms with Gasteiger partial charge in [-0.1, -0.05) is 18.2 Å². The van der Waals surface area contributed by atoms with Gasteiger partial charge in [-0.3, -0.25) is 4.79 Å². The topological polar surface area (TPSA) is 132 Å². The van der Waals surface area contributed by atoms with Crippen LogP contribution >= 0.6 is 0 Å². The fraction of sp³-hybridized carbons (Fsp3) is 0.105. The monoisotopic (exact) mass is 378 g/mol. The van der Waals surface area contributed by atoms with Gasteiger partial charge in [0.15, 0.2) is 12.4 Å². The molecule has 0 radical (unpaired) electrons. The Morgan fingerprint density at radius 1 is 0.964 bits per heavy atom. The number of rotatable bonds is 6. The first kappa shape index (κ1) is 18.8. The van der Waals surface area contributed by atoms with Gasteiger partial charge in [0.2, 0.25) is 17.8 Å². The number of amides is 1. The van der Waals surface area contributed by atoms with Crippen LogP contribution in [0.2, 0.25) is 0 Å². The Morgan fingerprint density at radius 2 is 1.68 bits per heavy atom. The van der Waals surface area contributed by atoms with Gasteiger partial charge in [0.1, 0.15) is 0 Å². The Kier molecular flexibility index (Phi) is 5.75. The highest BCUT2D eigenvalue weighted by atomic mass is 16.5. The second-order valence-electron chi connectivity index (χ2n) is 5.76. The standard InChI is InChI=1S/C19H18N6O3/c1-12(26)21-15-9-7-13(8-10-15)17(27)28-11-16-23-18(20)25-19(24-16)22-14-5-3-2-4-6-14/h2-10H,11H2,1H3,(H,21,26)(H3,20,22,23,24,25). The van der Waals surface area contributed by atoms with Gasteiger partial charge in [0.25, 0.3) is 0 Å². The summed E-state index contributed by atoms with van der Waals surface area (Å²) in [6, 6.07) is 15.7. The molecule has 1 heterocycles. The van der Waals surface area contributed by atoms with Crippen molar-refractivity contribution in [2.24, 2.45) is 0 Å². The number of anilines is 4. The van der Waals surface area contributed by atoms with Gasteiger partial charge >= 0.3 is 5.97 Å². The third kappa shape index (κ3) is 5.24. The summed E-state index contributed by atoms with van der Waals surface area (Å²) < 4.78 is 5.23. The molecular formula is C19H18N6O3. The summed E-state index contributed by atoms with van der Waals surface area (Å²) >= 11 is 0. The van der Waals surface area contributed by atoms with E-state index in [-0.39, 0.29) is 30.2 Å². The molecule has 0 aliphatic rings. The van der Waals surface area contributed by atoms with E-state index in [1.165, 1.54) is 6.92 Å². The zero-order valence-corrected chi connectivity index (χ0v) is 15.0. The quantitative estimate of drug-likeness (QED) is 0.557. The lowest BCUT2D eigenvalue weighted by molar-refractivity contribution is -0.114. The highest BCUT2D eigenvalue weighted by molar-refractivity contribution is 5.92. The van der Waals surface area contributed by atoms with Crippen LogP contribution < -0.4 is 16.4 Å². The van der Waals surface area contributed by atoms with Crippen molar-refractivity contribution >= 4 is 35.1 Å². The molecule has 0 saturated heterocycles. The minimum Gasteiger partial charge on any atom is -0.454 e. The van der Waals surface area contributed by atoms with Crippen molar-refractivity contribution in [3.05, 3.63) is 66.0 Å². The third-order valence-electron chi connectivity index (χ3n) is 3.50. The molecule has 9 nitrogen and oxygen atoms in total. The molecule has 1 aromatic heterocycles. The molecule has 2 aromatic carbocycles. The SMILES string of the molecule is CC(=O)Nc1ccc(C(=O)OCc2nc(N)nc(Nc3ccccc3)n2)cc1. The molecule has 3 rings (SSSR count). The second-order valence-corrected chi connectivity index (χ2v) is 5.76. The van der Waals surface area contributed by atoms with Gasteiger partial charge in [-0.05, 0) is 36.4 Å². The number of hydrogen-bond donors (Lipinski definition) is 3. The number of nitrogens with zero attached hydrogens (tertiary/aromatic N) is 3. The second kappa shape index (κ2) is 8.58. The van der Waals surface area contributed by atoms with Crippen molar-refractivity contribution in [3.8, 4) is 0 Å². The van der Waals surface area contributed by atoms with Crippen molar-refractivity contribution in [2.45, 2.75) is 13.5 Å².